The highest BCUT2D eigenvalue weighted by atomic mass is 35.5. The zero-order valence-electron chi connectivity index (χ0n) is 13.8. The lowest BCUT2D eigenvalue weighted by atomic mass is 9.92. The molecule has 0 radical (unpaired) electrons. The van der Waals surface area contributed by atoms with Crippen LogP contribution in [0.25, 0.3) is 0 Å². The summed E-state index contributed by atoms with van der Waals surface area (Å²) in [6.45, 7) is 10.1. The molecule has 1 aromatic carbocycles. The van der Waals surface area contributed by atoms with Crippen molar-refractivity contribution in [2.24, 2.45) is 11.8 Å². The molecule has 22 heavy (non-hydrogen) atoms. The minimum absolute atomic E-state index is 0.0548. The van der Waals surface area contributed by atoms with Gasteiger partial charge in [-0.1, -0.05) is 25.4 Å². The maximum atomic E-state index is 12.2. The van der Waals surface area contributed by atoms with E-state index in [1.54, 1.807) is 0 Å². The van der Waals surface area contributed by atoms with Crippen LogP contribution in [0.2, 0.25) is 5.02 Å². The van der Waals surface area contributed by atoms with Gasteiger partial charge in [0.1, 0.15) is 5.75 Å². The number of halogens is 1. The minimum Gasteiger partial charge on any atom is -0.473 e. The Morgan fingerprint density at radius 1 is 1.27 bits per heavy atom. The van der Waals surface area contributed by atoms with E-state index in [1.807, 2.05) is 30.9 Å². The Morgan fingerprint density at radius 2 is 1.82 bits per heavy atom. The first-order valence-corrected chi connectivity index (χ1v) is 8.17. The summed E-state index contributed by atoms with van der Waals surface area (Å²) in [7, 11) is 0. The van der Waals surface area contributed by atoms with Crippen molar-refractivity contribution in [1.29, 1.82) is 0 Å². The molecule has 1 fully saturated rings. The number of likely N-dealkylation sites (tertiary alicyclic amines) is 1. The van der Waals surface area contributed by atoms with E-state index in [9.17, 15) is 4.79 Å². The van der Waals surface area contributed by atoms with Gasteiger partial charge in [0.25, 0.3) is 0 Å². The van der Waals surface area contributed by atoms with Crippen molar-refractivity contribution >= 4 is 17.6 Å². The van der Waals surface area contributed by atoms with Gasteiger partial charge in [0.15, 0.2) is 6.73 Å². The van der Waals surface area contributed by atoms with Crippen molar-refractivity contribution in [2.45, 2.75) is 34.1 Å². The Bertz CT molecular complexity index is 514. The van der Waals surface area contributed by atoms with Crippen LogP contribution in [0.15, 0.2) is 12.1 Å². The van der Waals surface area contributed by atoms with Gasteiger partial charge in [0.05, 0.1) is 0 Å². The highest BCUT2D eigenvalue weighted by molar-refractivity contribution is 6.32. The van der Waals surface area contributed by atoms with E-state index >= 15 is 0 Å². The van der Waals surface area contributed by atoms with Crippen LogP contribution in [0, 0.1) is 25.7 Å². The number of nitrogens with one attached hydrogen (secondary N) is 1. The number of urea groups is 1. The van der Waals surface area contributed by atoms with Gasteiger partial charge in [-0.15, -0.1) is 0 Å². The molecule has 1 saturated heterocycles. The van der Waals surface area contributed by atoms with Crippen LogP contribution in [0.5, 0.6) is 5.75 Å². The summed E-state index contributed by atoms with van der Waals surface area (Å²) in [6, 6.07) is 3.71. The number of amides is 2. The number of hydrogen-bond acceptors (Lipinski definition) is 2. The van der Waals surface area contributed by atoms with E-state index < -0.39 is 0 Å². The molecule has 1 aliphatic heterocycles. The molecule has 0 saturated carbocycles. The van der Waals surface area contributed by atoms with Gasteiger partial charge in [-0.3, -0.25) is 0 Å². The summed E-state index contributed by atoms with van der Waals surface area (Å²) >= 11 is 6.13. The molecule has 2 atom stereocenters. The fourth-order valence-electron chi connectivity index (χ4n) is 3.11. The minimum atomic E-state index is -0.0548. The fourth-order valence-corrected chi connectivity index (χ4v) is 3.22. The highest BCUT2D eigenvalue weighted by Crippen LogP contribution is 2.25. The zero-order chi connectivity index (χ0) is 16.3. The molecule has 122 valence electrons. The van der Waals surface area contributed by atoms with Gasteiger partial charge in [-0.05, 0) is 55.4 Å². The third-order valence-corrected chi connectivity index (χ3v) is 4.62. The number of benzene rings is 1. The second kappa shape index (κ2) is 7.23. The van der Waals surface area contributed by atoms with Crippen LogP contribution in [-0.2, 0) is 0 Å². The van der Waals surface area contributed by atoms with Crippen molar-refractivity contribution in [3.05, 3.63) is 28.3 Å². The number of nitrogens with zero attached hydrogens (tertiary/aromatic N) is 1. The Morgan fingerprint density at radius 3 is 2.36 bits per heavy atom. The Balaban J connectivity index is 1.84. The first kappa shape index (κ1) is 16.9. The van der Waals surface area contributed by atoms with Crippen molar-refractivity contribution in [2.75, 3.05) is 19.8 Å². The quantitative estimate of drug-likeness (QED) is 0.854. The number of hydrogen-bond donors (Lipinski definition) is 1. The summed E-state index contributed by atoms with van der Waals surface area (Å²) in [5, 5.41) is 3.58. The molecule has 2 unspecified atom stereocenters. The average molecular weight is 325 g/mol. The van der Waals surface area contributed by atoms with Crippen molar-refractivity contribution in [3.63, 3.8) is 0 Å². The molecule has 1 aromatic rings. The van der Waals surface area contributed by atoms with Crippen molar-refractivity contribution in [3.8, 4) is 5.75 Å². The topological polar surface area (TPSA) is 41.6 Å². The summed E-state index contributed by atoms with van der Waals surface area (Å²) in [6.07, 6.45) is 1.18. The molecule has 2 rings (SSSR count). The second-order valence-corrected chi connectivity index (χ2v) is 6.87. The maximum Gasteiger partial charge on any atom is 0.320 e. The van der Waals surface area contributed by atoms with Gasteiger partial charge in [-0.2, -0.15) is 0 Å². The SMILES string of the molecule is Cc1cc(OCNC(=O)N2CC(C)CC(C)C2)cc(C)c1Cl. The Hall–Kier alpha value is -1.42. The van der Waals surface area contributed by atoms with Crippen LogP contribution in [0.1, 0.15) is 31.4 Å². The van der Waals surface area contributed by atoms with Crippen molar-refractivity contribution < 1.29 is 9.53 Å². The highest BCUT2D eigenvalue weighted by Gasteiger charge is 2.25. The fraction of sp³-hybridized carbons (Fsp3) is 0.588. The van der Waals surface area contributed by atoms with E-state index in [0.29, 0.717) is 11.8 Å². The molecule has 1 N–H and O–H groups in total. The number of carbonyl (C=O) groups is 1. The smallest absolute Gasteiger partial charge is 0.320 e. The number of aryl methyl sites for hydroxylation is 2. The second-order valence-electron chi connectivity index (χ2n) is 6.49. The van der Waals surface area contributed by atoms with Crippen LogP contribution in [0.4, 0.5) is 4.79 Å². The summed E-state index contributed by atoms with van der Waals surface area (Å²) in [5.41, 5.74) is 1.95. The molecule has 0 spiro atoms. The molecule has 5 heteroatoms. The summed E-state index contributed by atoms with van der Waals surface area (Å²) in [5.74, 6) is 1.83. The Kier molecular flexibility index (Phi) is 5.57. The molecular weight excluding hydrogens is 300 g/mol. The molecule has 0 aromatic heterocycles. The van der Waals surface area contributed by atoms with Gasteiger partial charge < -0.3 is 15.0 Å². The largest absolute Gasteiger partial charge is 0.473 e. The summed E-state index contributed by atoms with van der Waals surface area (Å²) < 4.78 is 5.62. The molecule has 0 bridgehead atoms. The van der Waals surface area contributed by atoms with Gasteiger partial charge in [-0.25, -0.2) is 4.79 Å². The zero-order valence-corrected chi connectivity index (χ0v) is 14.5. The van der Waals surface area contributed by atoms with E-state index in [0.717, 1.165) is 35.0 Å². The first-order chi connectivity index (χ1) is 10.4. The van der Waals surface area contributed by atoms with Crippen LogP contribution in [0.3, 0.4) is 0 Å². The van der Waals surface area contributed by atoms with Crippen LogP contribution < -0.4 is 10.1 Å². The molecular formula is C17H25ClN2O2. The molecule has 2 amide bonds. The van der Waals surface area contributed by atoms with E-state index in [2.05, 4.69) is 19.2 Å². The molecule has 4 nitrogen and oxygen atoms in total. The predicted molar refractivity (Wildman–Crippen MR) is 89.5 cm³/mol. The summed E-state index contributed by atoms with van der Waals surface area (Å²) in [4.78, 5) is 14.1. The van der Waals surface area contributed by atoms with E-state index in [1.165, 1.54) is 6.42 Å². The third-order valence-electron chi connectivity index (χ3n) is 4.03. The Labute approximate surface area is 137 Å². The average Bonchev–Trinajstić information content (AvgIpc) is 2.43. The lowest BCUT2D eigenvalue weighted by molar-refractivity contribution is 0.139. The van der Waals surface area contributed by atoms with Crippen LogP contribution in [-0.4, -0.2) is 30.8 Å². The number of rotatable bonds is 3. The number of piperidine rings is 1. The van der Waals surface area contributed by atoms with Crippen LogP contribution >= 0.6 is 11.6 Å². The lowest BCUT2D eigenvalue weighted by Gasteiger charge is -2.34. The van der Waals surface area contributed by atoms with Gasteiger partial charge in [0, 0.05) is 18.1 Å². The standard InChI is InChI=1S/C17H25ClN2O2/c1-11-5-12(2)9-20(8-11)17(21)19-10-22-15-6-13(3)16(18)14(4)7-15/h6-7,11-12H,5,8-10H2,1-4H3,(H,19,21). The van der Waals surface area contributed by atoms with Crippen molar-refractivity contribution in [1.82, 2.24) is 10.2 Å². The van der Waals surface area contributed by atoms with E-state index in [-0.39, 0.29) is 12.8 Å². The molecule has 1 aliphatic rings. The molecule has 1 heterocycles. The first-order valence-electron chi connectivity index (χ1n) is 7.79. The predicted octanol–water partition coefficient (Wildman–Crippen LogP) is 3.98. The van der Waals surface area contributed by atoms with Gasteiger partial charge in [0.2, 0.25) is 0 Å². The number of carbonyl (C=O) groups excluding carboxylic acids is 1. The number of ether oxygens (including phenoxy) is 1. The monoisotopic (exact) mass is 324 g/mol. The maximum absolute atomic E-state index is 12.2. The van der Waals surface area contributed by atoms with Gasteiger partial charge >= 0.3 is 6.03 Å². The lowest BCUT2D eigenvalue weighted by Crippen LogP contribution is -2.48. The molecule has 0 aliphatic carbocycles. The third kappa shape index (κ3) is 4.29. The van der Waals surface area contributed by atoms with E-state index in [4.69, 9.17) is 16.3 Å². The normalized spacial score (nSPS) is 21.6.